The lowest BCUT2D eigenvalue weighted by molar-refractivity contribution is 0.0963. The van der Waals surface area contributed by atoms with E-state index in [4.69, 9.17) is 10.5 Å². The van der Waals surface area contributed by atoms with Gasteiger partial charge in [0.25, 0.3) is 5.91 Å². The summed E-state index contributed by atoms with van der Waals surface area (Å²) in [5.74, 6) is 1.02. The minimum absolute atomic E-state index is 0.122. The third kappa shape index (κ3) is 3.91. The molecule has 1 aliphatic rings. The van der Waals surface area contributed by atoms with E-state index in [0.29, 0.717) is 23.0 Å². The third-order valence-corrected chi connectivity index (χ3v) is 4.96. The number of nitrogens with two attached hydrogens (primary N) is 1. The van der Waals surface area contributed by atoms with Crippen LogP contribution in [0.5, 0.6) is 5.88 Å². The Labute approximate surface area is 163 Å². The molecule has 0 saturated heterocycles. The number of amides is 1. The van der Waals surface area contributed by atoms with E-state index in [2.05, 4.69) is 20.7 Å². The molecule has 0 unspecified atom stereocenters. The number of ether oxygens (including phenoxy) is 1. The van der Waals surface area contributed by atoms with Gasteiger partial charge in [-0.1, -0.05) is 6.07 Å². The van der Waals surface area contributed by atoms with Crippen LogP contribution in [0.4, 0.5) is 11.6 Å². The number of hydrogen-bond acceptors (Lipinski definition) is 6. The van der Waals surface area contributed by atoms with Crippen LogP contribution in [0.1, 0.15) is 36.0 Å². The Morgan fingerprint density at radius 1 is 1.14 bits per heavy atom. The summed E-state index contributed by atoms with van der Waals surface area (Å²) >= 11 is 0. The molecule has 0 aliphatic heterocycles. The molecule has 4 rings (SSSR count). The second-order valence-corrected chi connectivity index (χ2v) is 7.01. The van der Waals surface area contributed by atoms with Crippen LogP contribution in [0.2, 0.25) is 0 Å². The van der Waals surface area contributed by atoms with Gasteiger partial charge >= 0.3 is 0 Å². The molecule has 1 amide bonds. The van der Waals surface area contributed by atoms with Gasteiger partial charge in [0, 0.05) is 30.4 Å². The van der Waals surface area contributed by atoms with Crippen LogP contribution in [0, 0.1) is 0 Å². The lowest BCUT2D eigenvalue weighted by atomic mass is 9.94. The van der Waals surface area contributed by atoms with Gasteiger partial charge in [-0.05, 0) is 56.0 Å². The van der Waals surface area contributed by atoms with E-state index in [1.165, 1.54) is 0 Å². The molecule has 0 radical (unpaired) electrons. The molecular formula is C20H24N6O2. The van der Waals surface area contributed by atoms with Crippen LogP contribution in [0.25, 0.3) is 5.65 Å². The average Bonchev–Trinajstić information content (AvgIpc) is 3.13. The first kappa shape index (κ1) is 18.2. The largest absolute Gasteiger partial charge is 0.474 e. The van der Waals surface area contributed by atoms with Crippen LogP contribution in [-0.2, 0) is 0 Å². The molecule has 2 heterocycles. The maximum atomic E-state index is 11.6. The highest BCUT2D eigenvalue weighted by atomic mass is 16.5. The fourth-order valence-corrected chi connectivity index (χ4v) is 3.38. The highest BCUT2D eigenvalue weighted by Crippen LogP contribution is 2.24. The fraction of sp³-hybridized carbons (Fsp3) is 0.350. The fourth-order valence-electron chi connectivity index (χ4n) is 3.38. The van der Waals surface area contributed by atoms with Crippen molar-refractivity contribution in [2.75, 3.05) is 12.4 Å². The summed E-state index contributed by atoms with van der Waals surface area (Å²) in [7, 11) is 1.61. The standard InChI is InChI=1S/C20H24N6O2/c1-22-19(27)13-5-9-15(10-6-13)23-20-24-17-3-2-4-18(26(17)25-20)28-16-11-7-14(21)8-12-16/h2-6,9-10,14,16H,7-8,11-12,21H2,1H3,(H,22,27)(H,23,25)/t14-,16+. The summed E-state index contributed by atoms with van der Waals surface area (Å²) in [4.78, 5) is 16.1. The van der Waals surface area contributed by atoms with Crippen molar-refractivity contribution < 1.29 is 9.53 Å². The summed E-state index contributed by atoms with van der Waals surface area (Å²) in [5, 5.41) is 10.3. The number of nitrogens with zero attached hydrogens (tertiary/aromatic N) is 3. The van der Waals surface area contributed by atoms with Gasteiger partial charge in [0.2, 0.25) is 11.8 Å². The molecule has 0 bridgehead atoms. The number of carbonyl (C=O) groups excluding carboxylic acids is 1. The number of rotatable bonds is 5. The second-order valence-electron chi connectivity index (χ2n) is 7.01. The van der Waals surface area contributed by atoms with Gasteiger partial charge in [-0.3, -0.25) is 4.79 Å². The van der Waals surface area contributed by atoms with Crippen LogP contribution >= 0.6 is 0 Å². The van der Waals surface area contributed by atoms with E-state index in [0.717, 1.165) is 31.4 Å². The van der Waals surface area contributed by atoms with Crippen molar-refractivity contribution in [3.05, 3.63) is 48.0 Å². The van der Waals surface area contributed by atoms with Crippen LogP contribution < -0.4 is 21.1 Å². The van der Waals surface area contributed by atoms with Crippen LogP contribution in [0.15, 0.2) is 42.5 Å². The van der Waals surface area contributed by atoms with E-state index in [1.807, 2.05) is 30.3 Å². The Morgan fingerprint density at radius 2 is 1.89 bits per heavy atom. The van der Waals surface area contributed by atoms with Gasteiger partial charge in [-0.2, -0.15) is 9.50 Å². The number of nitrogens with one attached hydrogen (secondary N) is 2. The third-order valence-electron chi connectivity index (χ3n) is 4.96. The van der Waals surface area contributed by atoms with Crippen molar-refractivity contribution in [2.45, 2.75) is 37.8 Å². The number of hydrogen-bond donors (Lipinski definition) is 3. The van der Waals surface area contributed by atoms with Crippen molar-refractivity contribution in [1.29, 1.82) is 0 Å². The molecule has 1 fully saturated rings. The monoisotopic (exact) mass is 380 g/mol. The van der Waals surface area contributed by atoms with E-state index in [9.17, 15) is 4.79 Å². The highest BCUT2D eigenvalue weighted by molar-refractivity contribution is 5.94. The van der Waals surface area contributed by atoms with Gasteiger partial charge < -0.3 is 21.1 Å². The molecule has 1 aromatic carbocycles. The average molecular weight is 380 g/mol. The van der Waals surface area contributed by atoms with Crippen molar-refractivity contribution in [1.82, 2.24) is 19.9 Å². The van der Waals surface area contributed by atoms with Crippen molar-refractivity contribution in [2.24, 2.45) is 5.73 Å². The SMILES string of the molecule is CNC(=O)c1ccc(Nc2nc3cccc(O[C@H]4CC[C@@H](N)CC4)n3n2)cc1. The second kappa shape index (κ2) is 7.85. The number of carbonyl (C=O) groups is 1. The lowest BCUT2D eigenvalue weighted by Gasteiger charge is -2.26. The number of benzene rings is 1. The normalized spacial score (nSPS) is 19.4. The molecule has 0 atom stereocenters. The van der Waals surface area contributed by atoms with Crippen LogP contribution in [-0.4, -0.2) is 39.7 Å². The smallest absolute Gasteiger partial charge is 0.251 e. The number of aromatic nitrogens is 3. The Kier molecular flexibility index (Phi) is 5.12. The lowest BCUT2D eigenvalue weighted by Crippen LogP contribution is -2.32. The predicted molar refractivity (Wildman–Crippen MR) is 107 cm³/mol. The molecule has 0 spiro atoms. The Balaban J connectivity index is 1.50. The molecule has 1 aliphatic carbocycles. The summed E-state index contributed by atoms with van der Waals surface area (Å²) in [6.07, 6.45) is 4.03. The first-order valence-electron chi connectivity index (χ1n) is 9.49. The van der Waals surface area contributed by atoms with E-state index < -0.39 is 0 Å². The summed E-state index contributed by atoms with van der Waals surface area (Å²) in [5.41, 5.74) is 8.08. The first-order valence-corrected chi connectivity index (χ1v) is 9.49. The zero-order chi connectivity index (χ0) is 19.5. The molecule has 1 saturated carbocycles. The van der Waals surface area contributed by atoms with E-state index in [-0.39, 0.29) is 18.1 Å². The molecule has 8 nitrogen and oxygen atoms in total. The van der Waals surface area contributed by atoms with Crippen molar-refractivity contribution in [3.8, 4) is 5.88 Å². The predicted octanol–water partition coefficient (Wildman–Crippen LogP) is 2.48. The van der Waals surface area contributed by atoms with Crippen LogP contribution in [0.3, 0.4) is 0 Å². The Hall–Kier alpha value is -3.13. The molecule has 2 aromatic heterocycles. The number of fused-ring (bicyclic) bond motifs is 1. The Morgan fingerprint density at radius 3 is 2.61 bits per heavy atom. The van der Waals surface area contributed by atoms with E-state index >= 15 is 0 Å². The molecule has 8 heteroatoms. The molecule has 146 valence electrons. The molecule has 28 heavy (non-hydrogen) atoms. The summed E-state index contributed by atoms with van der Waals surface area (Å²) in [6, 6.07) is 13.1. The van der Waals surface area contributed by atoms with Crippen molar-refractivity contribution >= 4 is 23.2 Å². The van der Waals surface area contributed by atoms with Gasteiger partial charge in [0.05, 0.1) is 0 Å². The summed E-state index contributed by atoms with van der Waals surface area (Å²) in [6.45, 7) is 0. The van der Waals surface area contributed by atoms with E-state index in [1.54, 1.807) is 23.7 Å². The maximum absolute atomic E-state index is 11.6. The molecule has 3 aromatic rings. The van der Waals surface area contributed by atoms with Gasteiger partial charge in [0.1, 0.15) is 6.10 Å². The zero-order valence-electron chi connectivity index (χ0n) is 15.8. The maximum Gasteiger partial charge on any atom is 0.251 e. The molecular weight excluding hydrogens is 356 g/mol. The molecule has 4 N–H and O–H groups in total. The summed E-state index contributed by atoms with van der Waals surface area (Å²) < 4.78 is 7.87. The topological polar surface area (TPSA) is 107 Å². The van der Waals surface area contributed by atoms with Gasteiger partial charge in [0.15, 0.2) is 5.65 Å². The number of anilines is 2. The zero-order valence-corrected chi connectivity index (χ0v) is 15.8. The highest BCUT2D eigenvalue weighted by Gasteiger charge is 2.21. The van der Waals surface area contributed by atoms with Crippen molar-refractivity contribution in [3.63, 3.8) is 0 Å². The first-order chi connectivity index (χ1) is 13.6. The van der Waals surface area contributed by atoms with Gasteiger partial charge in [-0.25, -0.2) is 0 Å². The quantitative estimate of drug-likeness (QED) is 0.628. The van der Waals surface area contributed by atoms with Gasteiger partial charge in [-0.15, -0.1) is 5.10 Å². The number of pyridine rings is 1. The minimum atomic E-state index is -0.122. The minimum Gasteiger partial charge on any atom is -0.474 e. The Bertz CT molecular complexity index is 960.